The Morgan fingerprint density at radius 3 is 2.29 bits per heavy atom. The van der Waals surface area contributed by atoms with Crippen molar-refractivity contribution in [2.75, 3.05) is 7.05 Å². The molecule has 0 unspecified atom stereocenters. The van der Waals surface area contributed by atoms with Crippen LogP contribution in [0, 0.1) is 0 Å². The van der Waals surface area contributed by atoms with Crippen LogP contribution < -0.4 is 10.6 Å². The molecular weight excluding hydrogens is 286 g/mol. The van der Waals surface area contributed by atoms with Gasteiger partial charge in [-0.15, -0.1) is 0 Å². The Bertz CT molecular complexity index is 493. The maximum atomic E-state index is 11.9. The Kier molecular flexibility index (Phi) is 3.23. The summed E-state index contributed by atoms with van der Waals surface area (Å²) in [6.07, 6.45) is 0. The number of halogens is 1. The lowest BCUT2D eigenvalue weighted by Crippen LogP contribution is -2.55. The largest absolute Gasteiger partial charge is 0.295 e. The van der Waals surface area contributed by atoms with E-state index in [9.17, 15) is 9.59 Å². The van der Waals surface area contributed by atoms with E-state index in [0.29, 0.717) is 5.56 Å². The fourth-order valence-electron chi connectivity index (χ4n) is 1.63. The van der Waals surface area contributed by atoms with Crippen LogP contribution in [0.5, 0.6) is 0 Å². The molecule has 2 N–H and O–H groups in total. The molecule has 0 spiro atoms. The first kappa shape index (κ1) is 11.8. The van der Waals surface area contributed by atoms with Gasteiger partial charge in [-0.25, -0.2) is 0 Å². The smallest absolute Gasteiger partial charge is 0.243 e. The van der Waals surface area contributed by atoms with Crippen LogP contribution in [-0.4, -0.2) is 24.8 Å². The number of carbonyl (C=O) groups excluding carboxylic acids is 2. The Morgan fingerprint density at radius 1 is 1.18 bits per heavy atom. The van der Waals surface area contributed by atoms with Crippen LogP contribution >= 0.6 is 15.9 Å². The van der Waals surface area contributed by atoms with E-state index in [-0.39, 0.29) is 17.8 Å². The molecular formula is C11H10BrN3O2. The van der Waals surface area contributed by atoms with Gasteiger partial charge in [-0.05, 0) is 11.6 Å². The highest BCUT2D eigenvalue weighted by Gasteiger charge is 2.35. The molecule has 1 aliphatic heterocycles. The number of nitrogens with zero attached hydrogens (tertiary/aromatic N) is 1. The zero-order valence-corrected chi connectivity index (χ0v) is 10.6. The predicted molar refractivity (Wildman–Crippen MR) is 66.5 cm³/mol. The molecule has 2 rings (SSSR count). The first-order chi connectivity index (χ1) is 8.13. The predicted octanol–water partition coefficient (Wildman–Crippen LogP) is 0.764. The molecule has 1 fully saturated rings. The van der Waals surface area contributed by atoms with Crippen LogP contribution in [0.1, 0.15) is 11.5 Å². The fourth-order valence-corrected chi connectivity index (χ4v) is 2.15. The quantitative estimate of drug-likeness (QED) is 0.751. The fraction of sp³-hybridized carbons (Fsp3) is 0.182. The van der Waals surface area contributed by atoms with Crippen molar-refractivity contribution in [3.8, 4) is 0 Å². The van der Waals surface area contributed by atoms with Crippen molar-refractivity contribution < 1.29 is 9.59 Å². The molecule has 2 amide bonds. The van der Waals surface area contributed by atoms with Gasteiger partial charge >= 0.3 is 0 Å². The Hall–Kier alpha value is -1.69. The lowest BCUT2D eigenvalue weighted by atomic mass is 9.96. The third-order valence-electron chi connectivity index (χ3n) is 2.45. The van der Waals surface area contributed by atoms with Gasteiger partial charge in [-0.1, -0.05) is 34.1 Å². The van der Waals surface area contributed by atoms with E-state index in [2.05, 4.69) is 31.6 Å². The van der Waals surface area contributed by atoms with E-state index in [1.165, 1.54) is 7.05 Å². The van der Waals surface area contributed by atoms with Gasteiger partial charge in [-0.3, -0.25) is 25.2 Å². The van der Waals surface area contributed by atoms with Crippen molar-refractivity contribution in [2.45, 2.75) is 5.92 Å². The number of hydrogen-bond donors (Lipinski definition) is 2. The van der Waals surface area contributed by atoms with Gasteiger partial charge < -0.3 is 0 Å². The van der Waals surface area contributed by atoms with Crippen LogP contribution in [0.3, 0.4) is 0 Å². The van der Waals surface area contributed by atoms with Crippen molar-refractivity contribution >= 4 is 33.7 Å². The number of benzene rings is 1. The molecule has 5 nitrogen and oxygen atoms in total. The van der Waals surface area contributed by atoms with Crippen molar-refractivity contribution in [3.63, 3.8) is 0 Å². The zero-order chi connectivity index (χ0) is 12.4. The van der Waals surface area contributed by atoms with Crippen LogP contribution in [0.25, 0.3) is 0 Å². The molecule has 0 radical (unpaired) electrons. The number of amides is 2. The SMILES string of the molecule is CN=C1NC(=O)C(c2ccccc2Br)C(=O)N1. The summed E-state index contributed by atoms with van der Waals surface area (Å²) in [5.74, 6) is -1.41. The summed E-state index contributed by atoms with van der Waals surface area (Å²) in [6.45, 7) is 0. The number of guanidine groups is 1. The maximum absolute atomic E-state index is 11.9. The summed E-state index contributed by atoms with van der Waals surface area (Å²) < 4.78 is 0.729. The van der Waals surface area contributed by atoms with Crippen LogP contribution in [0.2, 0.25) is 0 Å². The second-order valence-corrected chi connectivity index (χ2v) is 4.36. The minimum atomic E-state index is -0.851. The highest BCUT2D eigenvalue weighted by Crippen LogP contribution is 2.26. The average molecular weight is 296 g/mol. The standard InChI is InChI=1S/C11H10BrN3O2/c1-13-11-14-9(16)8(10(17)15-11)6-4-2-3-5-7(6)12/h2-5,8H,1H3,(H2,13,14,15,16,17). The summed E-state index contributed by atoms with van der Waals surface area (Å²) in [5, 5.41) is 5.06. The Labute approximate surface area is 106 Å². The first-order valence-electron chi connectivity index (χ1n) is 4.96. The number of rotatable bonds is 1. The Morgan fingerprint density at radius 2 is 1.76 bits per heavy atom. The summed E-state index contributed by atoms with van der Waals surface area (Å²) in [6, 6.07) is 7.14. The van der Waals surface area contributed by atoms with E-state index < -0.39 is 5.92 Å². The molecule has 1 heterocycles. The summed E-state index contributed by atoms with van der Waals surface area (Å²) in [4.78, 5) is 27.4. The van der Waals surface area contributed by atoms with Gasteiger partial charge in [0.15, 0.2) is 0 Å². The molecule has 1 aromatic carbocycles. The zero-order valence-electron chi connectivity index (χ0n) is 9.03. The van der Waals surface area contributed by atoms with Gasteiger partial charge in [0.25, 0.3) is 0 Å². The summed E-state index contributed by atoms with van der Waals surface area (Å²) in [7, 11) is 1.49. The van der Waals surface area contributed by atoms with E-state index >= 15 is 0 Å². The average Bonchev–Trinajstić information content (AvgIpc) is 2.30. The highest BCUT2D eigenvalue weighted by molar-refractivity contribution is 9.10. The minimum Gasteiger partial charge on any atom is -0.295 e. The topological polar surface area (TPSA) is 70.6 Å². The lowest BCUT2D eigenvalue weighted by Gasteiger charge is -2.23. The third-order valence-corrected chi connectivity index (χ3v) is 3.17. The highest BCUT2D eigenvalue weighted by atomic mass is 79.9. The number of carbonyl (C=O) groups is 2. The van der Waals surface area contributed by atoms with Crippen molar-refractivity contribution in [2.24, 2.45) is 4.99 Å². The van der Waals surface area contributed by atoms with Crippen molar-refractivity contribution in [1.29, 1.82) is 0 Å². The summed E-state index contributed by atoms with van der Waals surface area (Å²) >= 11 is 3.33. The number of hydrogen-bond acceptors (Lipinski definition) is 3. The van der Waals surface area contributed by atoms with E-state index in [4.69, 9.17) is 0 Å². The third kappa shape index (κ3) is 2.21. The van der Waals surface area contributed by atoms with Gasteiger partial charge in [0, 0.05) is 11.5 Å². The molecule has 1 aliphatic rings. The van der Waals surface area contributed by atoms with Gasteiger partial charge in [0.1, 0.15) is 5.92 Å². The van der Waals surface area contributed by atoms with E-state index in [1.54, 1.807) is 18.2 Å². The monoisotopic (exact) mass is 295 g/mol. The second-order valence-electron chi connectivity index (χ2n) is 3.51. The maximum Gasteiger partial charge on any atom is 0.243 e. The van der Waals surface area contributed by atoms with Crippen molar-refractivity contribution in [1.82, 2.24) is 10.6 Å². The molecule has 6 heteroatoms. The molecule has 17 heavy (non-hydrogen) atoms. The molecule has 1 aromatic rings. The van der Waals surface area contributed by atoms with Crippen LogP contribution in [0.4, 0.5) is 0 Å². The van der Waals surface area contributed by atoms with Crippen molar-refractivity contribution in [3.05, 3.63) is 34.3 Å². The van der Waals surface area contributed by atoms with E-state index in [0.717, 1.165) is 4.47 Å². The molecule has 0 saturated carbocycles. The minimum absolute atomic E-state index is 0.184. The molecule has 88 valence electrons. The normalized spacial score (nSPS) is 19.6. The first-order valence-corrected chi connectivity index (χ1v) is 5.75. The molecule has 0 aromatic heterocycles. The van der Waals surface area contributed by atoms with Gasteiger partial charge in [0.05, 0.1) is 0 Å². The van der Waals surface area contributed by atoms with Crippen LogP contribution in [0.15, 0.2) is 33.7 Å². The molecule has 0 aliphatic carbocycles. The van der Waals surface area contributed by atoms with E-state index in [1.807, 2.05) is 6.07 Å². The number of nitrogens with one attached hydrogen (secondary N) is 2. The second kappa shape index (κ2) is 4.67. The Balaban J connectivity index is 2.37. The van der Waals surface area contributed by atoms with Gasteiger partial charge in [-0.2, -0.15) is 0 Å². The van der Waals surface area contributed by atoms with Gasteiger partial charge in [0.2, 0.25) is 17.8 Å². The van der Waals surface area contributed by atoms with Crippen LogP contribution in [-0.2, 0) is 9.59 Å². The molecule has 0 bridgehead atoms. The lowest BCUT2D eigenvalue weighted by molar-refractivity contribution is -0.131. The molecule has 0 atom stereocenters. The number of aliphatic imine (C=N–C) groups is 1. The molecule has 1 saturated heterocycles. The summed E-state index contributed by atoms with van der Waals surface area (Å²) in [5.41, 5.74) is 0.637.